The molecule has 0 saturated heterocycles. The standard InChI is InChI=1S/C14H18N2O3S/c1-4-16(14(2,3)13(17)18)8-10-9-19-12(15-10)11-6-5-7-20-11/h5-7,9H,4,8H2,1-3H3,(H,17,18). The van der Waals surface area contributed by atoms with Crippen molar-refractivity contribution >= 4 is 17.3 Å². The predicted octanol–water partition coefficient (Wildman–Crippen LogP) is 3.09. The summed E-state index contributed by atoms with van der Waals surface area (Å²) in [6.45, 7) is 6.40. The van der Waals surface area contributed by atoms with Crippen LogP contribution in [0.4, 0.5) is 0 Å². The van der Waals surface area contributed by atoms with Gasteiger partial charge in [0.2, 0.25) is 5.89 Å². The van der Waals surface area contributed by atoms with Gasteiger partial charge in [-0.05, 0) is 31.8 Å². The Labute approximate surface area is 121 Å². The molecule has 0 aliphatic heterocycles. The third kappa shape index (κ3) is 2.91. The number of hydrogen-bond donors (Lipinski definition) is 1. The van der Waals surface area contributed by atoms with Gasteiger partial charge in [-0.3, -0.25) is 9.69 Å². The van der Waals surface area contributed by atoms with Gasteiger partial charge in [0, 0.05) is 6.54 Å². The Morgan fingerprint density at radius 3 is 2.85 bits per heavy atom. The molecule has 2 aromatic rings. The minimum Gasteiger partial charge on any atom is -0.480 e. The van der Waals surface area contributed by atoms with Gasteiger partial charge in [-0.15, -0.1) is 11.3 Å². The first-order valence-corrected chi connectivity index (χ1v) is 7.29. The predicted molar refractivity (Wildman–Crippen MR) is 77.6 cm³/mol. The summed E-state index contributed by atoms with van der Waals surface area (Å²) >= 11 is 1.56. The third-order valence-corrected chi connectivity index (χ3v) is 4.19. The largest absolute Gasteiger partial charge is 0.480 e. The van der Waals surface area contributed by atoms with Crippen LogP contribution < -0.4 is 0 Å². The van der Waals surface area contributed by atoms with Gasteiger partial charge in [-0.1, -0.05) is 13.0 Å². The van der Waals surface area contributed by atoms with Gasteiger partial charge >= 0.3 is 5.97 Å². The van der Waals surface area contributed by atoms with Crippen molar-refractivity contribution in [2.24, 2.45) is 0 Å². The minimum atomic E-state index is -0.934. The van der Waals surface area contributed by atoms with Gasteiger partial charge in [0.05, 0.1) is 10.6 Å². The summed E-state index contributed by atoms with van der Waals surface area (Å²) in [6.07, 6.45) is 1.59. The van der Waals surface area contributed by atoms with E-state index in [1.165, 1.54) is 0 Å². The molecule has 5 nitrogen and oxygen atoms in total. The first-order valence-electron chi connectivity index (χ1n) is 6.42. The molecule has 0 amide bonds. The summed E-state index contributed by atoms with van der Waals surface area (Å²) < 4.78 is 5.45. The van der Waals surface area contributed by atoms with E-state index in [4.69, 9.17) is 4.42 Å². The lowest BCUT2D eigenvalue weighted by Gasteiger charge is -2.33. The number of aliphatic carboxylic acids is 1. The summed E-state index contributed by atoms with van der Waals surface area (Å²) in [4.78, 5) is 18.6. The molecule has 0 aliphatic rings. The fraction of sp³-hybridized carbons (Fsp3) is 0.429. The highest BCUT2D eigenvalue weighted by Crippen LogP contribution is 2.25. The van der Waals surface area contributed by atoms with E-state index in [9.17, 15) is 9.90 Å². The van der Waals surface area contributed by atoms with E-state index in [2.05, 4.69) is 4.98 Å². The molecule has 108 valence electrons. The molecule has 2 aromatic heterocycles. The van der Waals surface area contributed by atoms with E-state index < -0.39 is 11.5 Å². The second-order valence-corrected chi connectivity index (χ2v) is 5.95. The van der Waals surface area contributed by atoms with Crippen LogP contribution in [0.3, 0.4) is 0 Å². The number of carboxylic acid groups (broad SMARTS) is 1. The number of carboxylic acids is 1. The van der Waals surface area contributed by atoms with E-state index in [0.717, 1.165) is 10.6 Å². The molecule has 1 N–H and O–H groups in total. The Kier molecular flexibility index (Phi) is 4.25. The SMILES string of the molecule is CCN(Cc1coc(-c2cccs2)n1)C(C)(C)C(=O)O. The maximum atomic E-state index is 11.3. The number of oxazole rings is 1. The topological polar surface area (TPSA) is 66.6 Å². The van der Waals surface area contributed by atoms with Crippen LogP contribution in [-0.4, -0.2) is 33.0 Å². The molecule has 0 aliphatic carbocycles. The molecule has 0 fully saturated rings. The summed E-state index contributed by atoms with van der Waals surface area (Å²) in [6, 6.07) is 3.88. The van der Waals surface area contributed by atoms with Crippen molar-refractivity contribution in [3.63, 3.8) is 0 Å². The first kappa shape index (κ1) is 14.7. The van der Waals surface area contributed by atoms with Crippen molar-refractivity contribution in [1.82, 2.24) is 9.88 Å². The molecule has 0 aromatic carbocycles. The maximum absolute atomic E-state index is 11.3. The third-order valence-electron chi connectivity index (χ3n) is 3.33. The number of thiophene rings is 1. The lowest BCUT2D eigenvalue weighted by molar-refractivity contribution is -0.149. The van der Waals surface area contributed by atoms with Crippen molar-refractivity contribution in [2.45, 2.75) is 32.9 Å². The molecule has 0 saturated carbocycles. The van der Waals surface area contributed by atoms with Crippen LogP contribution >= 0.6 is 11.3 Å². The Bertz CT molecular complexity index is 575. The summed E-state index contributed by atoms with van der Waals surface area (Å²) in [5, 5.41) is 11.3. The molecule has 0 bridgehead atoms. The van der Waals surface area contributed by atoms with Gasteiger partial charge in [0.25, 0.3) is 0 Å². The molecule has 20 heavy (non-hydrogen) atoms. The van der Waals surface area contributed by atoms with Gasteiger partial charge in [-0.25, -0.2) is 4.98 Å². The van der Waals surface area contributed by atoms with Crippen molar-refractivity contribution < 1.29 is 14.3 Å². The van der Waals surface area contributed by atoms with Gasteiger partial charge in [0.1, 0.15) is 11.8 Å². The normalized spacial score (nSPS) is 12.0. The lowest BCUT2D eigenvalue weighted by Crippen LogP contribution is -2.49. The average molecular weight is 294 g/mol. The van der Waals surface area contributed by atoms with Gasteiger partial charge < -0.3 is 9.52 Å². The Morgan fingerprint density at radius 1 is 1.55 bits per heavy atom. The number of aromatic nitrogens is 1. The summed E-state index contributed by atoms with van der Waals surface area (Å²) in [5.41, 5.74) is -0.193. The molecule has 6 heteroatoms. The highest BCUT2D eigenvalue weighted by Gasteiger charge is 2.34. The lowest BCUT2D eigenvalue weighted by atomic mass is 10.0. The van der Waals surface area contributed by atoms with E-state index >= 15 is 0 Å². The van der Waals surface area contributed by atoms with Crippen LogP contribution in [-0.2, 0) is 11.3 Å². The van der Waals surface area contributed by atoms with E-state index in [-0.39, 0.29) is 0 Å². The Balaban J connectivity index is 2.15. The minimum absolute atomic E-state index is 0.449. The van der Waals surface area contributed by atoms with Crippen molar-refractivity contribution in [1.29, 1.82) is 0 Å². The Morgan fingerprint density at radius 2 is 2.30 bits per heavy atom. The monoisotopic (exact) mass is 294 g/mol. The van der Waals surface area contributed by atoms with Crippen LogP contribution in [0.1, 0.15) is 26.5 Å². The van der Waals surface area contributed by atoms with Crippen molar-refractivity contribution in [2.75, 3.05) is 6.54 Å². The quantitative estimate of drug-likeness (QED) is 0.886. The average Bonchev–Trinajstić information content (AvgIpc) is 3.06. The van der Waals surface area contributed by atoms with Crippen LogP contribution in [0.2, 0.25) is 0 Å². The maximum Gasteiger partial charge on any atom is 0.323 e. The van der Waals surface area contributed by atoms with Crippen LogP contribution in [0.25, 0.3) is 10.8 Å². The highest BCUT2D eigenvalue weighted by molar-refractivity contribution is 7.13. The van der Waals surface area contributed by atoms with Crippen LogP contribution in [0.15, 0.2) is 28.2 Å². The number of hydrogen-bond acceptors (Lipinski definition) is 5. The second-order valence-electron chi connectivity index (χ2n) is 5.00. The Hall–Kier alpha value is -1.66. The number of carbonyl (C=O) groups is 1. The van der Waals surface area contributed by atoms with Gasteiger partial charge in [-0.2, -0.15) is 0 Å². The van der Waals surface area contributed by atoms with E-state index in [1.807, 2.05) is 29.3 Å². The smallest absolute Gasteiger partial charge is 0.323 e. The van der Waals surface area contributed by atoms with Crippen LogP contribution in [0, 0.1) is 0 Å². The first-order chi connectivity index (χ1) is 9.45. The summed E-state index contributed by atoms with van der Waals surface area (Å²) in [7, 11) is 0. The highest BCUT2D eigenvalue weighted by atomic mass is 32.1. The zero-order chi connectivity index (χ0) is 14.8. The number of likely N-dealkylation sites (N-methyl/N-ethyl adjacent to an activating group) is 1. The fourth-order valence-corrected chi connectivity index (χ4v) is 2.58. The molecular formula is C14H18N2O3S. The zero-order valence-electron chi connectivity index (χ0n) is 11.8. The molecule has 2 rings (SSSR count). The molecule has 0 spiro atoms. The van der Waals surface area contributed by atoms with Gasteiger partial charge in [0.15, 0.2) is 0 Å². The molecular weight excluding hydrogens is 276 g/mol. The fourth-order valence-electron chi connectivity index (χ4n) is 1.93. The number of nitrogens with zero attached hydrogens (tertiary/aromatic N) is 2. The van der Waals surface area contributed by atoms with Crippen LogP contribution in [0.5, 0.6) is 0 Å². The second kappa shape index (κ2) is 5.76. The molecule has 0 radical (unpaired) electrons. The van der Waals surface area contributed by atoms with E-state index in [1.54, 1.807) is 31.4 Å². The van der Waals surface area contributed by atoms with E-state index in [0.29, 0.717) is 19.0 Å². The molecule has 0 atom stereocenters. The summed E-state index contributed by atoms with van der Waals surface area (Å²) in [5.74, 6) is -0.263. The molecule has 2 heterocycles. The number of rotatable bonds is 6. The molecule has 0 unspecified atom stereocenters. The van der Waals surface area contributed by atoms with Crippen molar-refractivity contribution in [3.8, 4) is 10.8 Å². The zero-order valence-corrected chi connectivity index (χ0v) is 12.6. The van der Waals surface area contributed by atoms with Crippen molar-refractivity contribution in [3.05, 3.63) is 29.5 Å².